The second-order valence-electron chi connectivity index (χ2n) is 7.32. The van der Waals surface area contributed by atoms with Crippen LogP contribution < -0.4 is 5.32 Å². The maximum Gasteiger partial charge on any atom is 0.264 e. The van der Waals surface area contributed by atoms with Gasteiger partial charge in [0.2, 0.25) is 0 Å². The molecule has 0 bridgehead atoms. The lowest BCUT2D eigenvalue weighted by molar-refractivity contribution is -0.0969. The molecule has 2 fully saturated rings. The van der Waals surface area contributed by atoms with E-state index in [0.717, 1.165) is 24.9 Å². The van der Waals surface area contributed by atoms with Crippen LogP contribution in [0.25, 0.3) is 0 Å². The van der Waals surface area contributed by atoms with Crippen molar-refractivity contribution in [3.8, 4) is 0 Å². The van der Waals surface area contributed by atoms with Crippen molar-refractivity contribution >= 4 is 39.8 Å². The molecule has 1 aromatic carbocycles. The standard InChI is InChI=1S/C21H23ClN2O4S/c1-13-11-17(23-19(25)15-6-2-3-7-16(15)22)29-18(13)20(26)24-8-4-5-14(12-24)21-27-9-10-28-21/h2-3,6-7,11,14,21H,4-5,8-10,12H2,1H3,(H,23,25). The largest absolute Gasteiger partial charge is 0.350 e. The third-order valence-electron chi connectivity index (χ3n) is 5.24. The zero-order valence-corrected chi connectivity index (χ0v) is 17.7. The first-order chi connectivity index (χ1) is 14.0. The number of carbonyl (C=O) groups is 2. The Morgan fingerprint density at radius 3 is 2.76 bits per heavy atom. The minimum atomic E-state index is -0.288. The van der Waals surface area contributed by atoms with Gasteiger partial charge in [-0.3, -0.25) is 9.59 Å². The lowest BCUT2D eigenvalue weighted by Gasteiger charge is -2.34. The van der Waals surface area contributed by atoms with Gasteiger partial charge in [0.05, 0.1) is 33.7 Å². The minimum Gasteiger partial charge on any atom is -0.350 e. The van der Waals surface area contributed by atoms with Gasteiger partial charge in [-0.05, 0) is 43.5 Å². The molecular formula is C21H23ClN2O4S. The molecule has 2 aliphatic rings. The topological polar surface area (TPSA) is 67.9 Å². The molecule has 8 heteroatoms. The first-order valence-corrected chi connectivity index (χ1v) is 10.9. The smallest absolute Gasteiger partial charge is 0.264 e. The zero-order valence-electron chi connectivity index (χ0n) is 16.2. The summed E-state index contributed by atoms with van der Waals surface area (Å²) in [6, 6.07) is 8.72. The number of carbonyl (C=O) groups excluding carboxylic acids is 2. The number of ether oxygens (including phenoxy) is 2. The Morgan fingerprint density at radius 2 is 2.00 bits per heavy atom. The average molecular weight is 435 g/mol. The highest BCUT2D eigenvalue weighted by atomic mass is 35.5. The third kappa shape index (κ3) is 4.48. The fourth-order valence-electron chi connectivity index (χ4n) is 3.79. The maximum atomic E-state index is 13.1. The summed E-state index contributed by atoms with van der Waals surface area (Å²) in [6.07, 6.45) is 1.72. The number of halogens is 1. The maximum absolute atomic E-state index is 13.1. The van der Waals surface area contributed by atoms with E-state index in [1.54, 1.807) is 24.3 Å². The SMILES string of the molecule is Cc1cc(NC(=O)c2ccccc2Cl)sc1C(=O)N1CCCC(C2OCCO2)C1. The molecule has 154 valence electrons. The quantitative estimate of drug-likeness (QED) is 0.783. The fraction of sp³-hybridized carbons (Fsp3) is 0.429. The Bertz CT molecular complexity index is 910. The van der Waals surface area contributed by atoms with Crippen molar-refractivity contribution in [1.82, 2.24) is 4.90 Å². The summed E-state index contributed by atoms with van der Waals surface area (Å²) in [5.41, 5.74) is 1.26. The van der Waals surface area contributed by atoms with Crippen LogP contribution in [-0.2, 0) is 9.47 Å². The lowest BCUT2D eigenvalue weighted by atomic mass is 9.97. The highest BCUT2D eigenvalue weighted by Crippen LogP contribution is 2.31. The predicted octanol–water partition coefficient (Wildman–Crippen LogP) is 4.19. The minimum absolute atomic E-state index is 0.00607. The van der Waals surface area contributed by atoms with E-state index in [-0.39, 0.29) is 24.0 Å². The van der Waals surface area contributed by atoms with Gasteiger partial charge in [0, 0.05) is 19.0 Å². The van der Waals surface area contributed by atoms with E-state index in [1.807, 2.05) is 17.9 Å². The van der Waals surface area contributed by atoms with Crippen molar-refractivity contribution in [1.29, 1.82) is 0 Å². The molecule has 4 rings (SSSR count). The molecular weight excluding hydrogens is 412 g/mol. The highest BCUT2D eigenvalue weighted by molar-refractivity contribution is 7.18. The van der Waals surface area contributed by atoms with Gasteiger partial charge in [0.1, 0.15) is 0 Å². The average Bonchev–Trinajstić information content (AvgIpc) is 3.38. The van der Waals surface area contributed by atoms with Crippen LogP contribution >= 0.6 is 22.9 Å². The lowest BCUT2D eigenvalue weighted by Crippen LogP contribution is -2.43. The van der Waals surface area contributed by atoms with Crippen molar-refractivity contribution in [2.45, 2.75) is 26.1 Å². The number of likely N-dealkylation sites (tertiary alicyclic amines) is 1. The van der Waals surface area contributed by atoms with E-state index in [4.69, 9.17) is 21.1 Å². The molecule has 0 radical (unpaired) electrons. The number of piperidine rings is 1. The molecule has 1 atom stereocenters. The molecule has 1 unspecified atom stereocenters. The van der Waals surface area contributed by atoms with Gasteiger partial charge >= 0.3 is 0 Å². The van der Waals surface area contributed by atoms with Gasteiger partial charge in [0.25, 0.3) is 11.8 Å². The predicted molar refractivity (Wildman–Crippen MR) is 113 cm³/mol. The molecule has 0 spiro atoms. The van der Waals surface area contributed by atoms with E-state index in [0.29, 0.717) is 40.2 Å². The van der Waals surface area contributed by atoms with Crippen molar-refractivity contribution in [3.63, 3.8) is 0 Å². The number of hydrogen-bond donors (Lipinski definition) is 1. The number of hydrogen-bond acceptors (Lipinski definition) is 5. The van der Waals surface area contributed by atoms with Crippen LogP contribution in [0, 0.1) is 12.8 Å². The highest BCUT2D eigenvalue weighted by Gasteiger charge is 2.33. The first-order valence-electron chi connectivity index (χ1n) is 9.71. The molecule has 1 aromatic heterocycles. The summed E-state index contributed by atoms with van der Waals surface area (Å²) in [5, 5.41) is 3.88. The summed E-state index contributed by atoms with van der Waals surface area (Å²) < 4.78 is 11.3. The van der Waals surface area contributed by atoms with Crippen LogP contribution in [0.15, 0.2) is 30.3 Å². The van der Waals surface area contributed by atoms with Gasteiger partial charge in [-0.1, -0.05) is 23.7 Å². The number of nitrogens with one attached hydrogen (secondary N) is 1. The summed E-state index contributed by atoms with van der Waals surface area (Å²) in [4.78, 5) is 28.1. The van der Waals surface area contributed by atoms with Crippen molar-refractivity contribution < 1.29 is 19.1 Å². The summed E-state index contributed by atoms with van der Waals surface area (Å²) in [7, 11) is 0. The molecule has 2 aromatic rings. The molecule has 29 heavy (non-hydrogen) atoms. The monoisotopic (exact) mass is 434 g/mol. The normalized spacial score (nSPS) is 20.1. The second kappa shape index (κ2) is 8.83. The van der Waals surface area contributed by atoms with Crippen molar-refractivity contribution in [2.24, 2.45) is 5.92 Å². The Kier molecular flexibility index (Phi) is 6.20. The second-order valence-corrected chi connectivity index (χ2v) is 8.78. The Hall–Kier alpha value is -1.93. The molecule has 0 aliphatic carbocycles. The van der Waals surface area contributed by atoms with Crippen LogP contribution in [-0.4, -0.2) is 49.3 Å². The Balaban J connectivity index is 1.45. The molecule has 1 N–H and O–H groups in total. The van der Waals surface area contributed by atoms with E-state index < -0.39 is 0 Å². The van der Waals surface area contributed by atoms with Gasteiger partial charge in [-0.15, -0.1) is 11.3 Å². The van der Waals surface area contributed by atoms with Gasteiger partial charge in [-0.25, -0.2) is 0 Å². The van der Waals surface area contributed by atoms with E-state index in [9.17, 15) is 9.59 Å². The number of rotatable bonds is 4. The van der Waals surface area contributed by atoms with Crippen molar-refractivity contribution in [3.05, 3.63) is 51.4 Å². The fourth-order valence-corrected chi connectivity index (χ4v) is 5.05. The number of aryl methyl sites for hydroxylation is 1. The Labute approximate surface area is 178 Å². The van der Waals surface area contributed by atoms with E-state index in [1.165, 1.54) is 11.3 Å². The molecule has 6 nitrogen and oxygen atoms in total. The molecule has 0 saturated carbocycles. The van der Waals surface area contributed by atoms with E-state index in [2.05, 4.69) is 5.32 Å². The summed E-state index contributed by atoms with van der Waals surface area (Å²) in [5.74, 6) is -0.0901. The third-order valence-corrected chi connectivity index (χ3v) is 6.71. The number of thiophene rings is 1. The number of benzene rings is 1. The van der Waals surface area contributed by atoms with Gasteiger partial charge in [-0.2, -0.15) is 0 Å². The van der Waals surface area contributed by atoms with E-state index >= 15 is 0 Å². The zero-order chi connectivity index (χ0) is 20.4. The van der Waals surface area contributed by atoms with Crippen LogP contribution in [0.2, 0.25) is 5.02 Å². The summed E-state index contributed by atoms with van der Waals surface area (Å²) in [6.45, 7) is 4.48. The van der Waals surface area contributed by atoms with Crippen LogP contribution in [0.3, 0.4) is 0 Å². The molecule has 2 aliphatic heterocycles. The van der Waals surface area contributed by atoms with Crippen LogP contribution in [0.1, 0.15) is 38.4 Å². The van der Waals surface area contributed by atoms with Crippen LogP contribution in [0.5, 0.6) is 0 Å². The van der Waals surface area contributed by atoms with Gasteiger partial charge < -0.3 is 19.7 Å². The molecule has 2 amide bonds. The first kappa shape index (κ1) is 20.3. The number of nitrogens with zero attached hydrogens (tertiary/aromatic N) is 1. The number of anilines is 1. The van der Waals surface area contributed by atoms with Crippen LogP contribution in [0.4, 0.5) is 5.00 Å². The van der Waals surface area contributed by atoms with Crippen molar-refractivity contribution in [2.75, 3.05) is 31.6 Å². The number of amides is 2. The Morgan fingerprint density at radius 1 is 1.24 bits per heavy atom. The molecule has 2 saturated heterocycles. The molecule has 3 heterocycles. The van der Waals surface area contributed by atoms with Gasteiger partial charge in [0.15, 0.2) is 6.29 Å². The summed E-state index contributed by atoms with van der Waals surface area (Å²) >= 11 is 7.40.